The Kier molecular flexibility index (Phi) is 3.71. The Bertz CT molecular complexity index is 213. The maximum Gasteiger partial charge on any atom is 0.246 e. The van der Waals surface area contributed by atoms with Crippen molar-refractivity contribution >= 4 is 24.1 Å². The SMILES string of the molecule is Cl.c1nsnc1OC1CCNC1. The summed E-state index contributed by atoms with van der Waals surface area (Å²) in [5, 5.41) is 3.21. The number of hydrogen-bond acceptors (Lipinski definition) is 5. The van der Waals surface area contributed by atoms with Gasteiger partial charge in [0, 0.05) is 6.54 Å². The highest BCUT2D eigenvalue weighted by atomic mass is 35.5. The molecule has 0 aliphatic carbocycles. The molecule has 4 nitrogen and oxygen atoms in total. The number of nitrogens with zero attached hydrogens (tertiary/aromatic N) is 2. The van der Waals surface area contributed by atoms with Crippen LogP contribution in [0.1, 0.15) is 6.42 Å². The molecular weight excluding hydrogens is 198 g/mol. The van der Waals surface area contributed by atoms with Crippen LogP contribution in [0, 0.1) is 0 Å². The van der Waals surface area contributed by atoms with Gasteiger partial charge in [0.15, 0.2) is 0 Å². The molecule has 0 aromatic carbocycles. The van der Waals surface area contributed by atoms with Gasteiger partial charge in [-0.05, 0) is 13.0 Å². The van der Waals surface area contributed by atoms with Crippen molar-refractivity contribution in [1.82, 2.24) is 14.1 Å². The van der Waals surface area contributed by atoms with Gasteiger partial charge in [-0.3, -0.25) is 0 Å². The van der Waals surface area contributed by atoms with E-state index in [2.05, 4.69) is 14.1 Å². The van der Waals surface area contributed by atoms with Crippen LogP contribution >= 0.6 is 24.1 Å². The summed E-state index contributed by atoms with van der Waals surface area (Å²) in [6, 6.07) is 0. The zero-order valence-corrected chi connectivity index (χ0v) is 8.03. The molecule has 1 aliphatic heterocycles. The van der Waals surface area contributed by atoms with E-state index in [0.717, 1.165) is 19.5 Å². The van der Waals surface area contributed by atoms with Crippen molar-refractivity contribution in [2.45, 2.75) is 12.5 Å². The van der Waals surface area contributed by atoms with Crippen molar-refractivity contribution in [2.75, 3.05) is 13.1 Å². The van der Waals surface area contributed by atoms with E-state index in [1.54, 1.807) is 6.20 Å². The molecule has 1 N–H and O–H groups in total. The number of rotatable bonds is 2. The van der Waals surface area contributed by atoms with Crippen LogP contribution in [0.2, 0.25) is 0 Å². The van der Waals surface area contributed by atoms with E-state index in [1.165, 1.54) is 11.7 Å². The zero-order chi connectivity index (χ0) is 7.52. The van der Waals surface area contributed by atoms with E-state index in [9.17, 15) is 0 Å². The first-order valence-corrected chi connectivity index (χ1v) is 4.33. The van der Waals surface area contributed by atoms with Gasteiger partial charge in [-0.15, -0.1) is 16.8 Å². The number of hydrogen-bond donors (Lipinski definition) is 1. The summed E-state index contributed by atoms with van der Waals surface area (Å²) in [4.78, 5) is 0. The normalized spacial score (nSPS) is 21.8. The molecule has 2 heterocycles. The standard InChI is InChI=1S/C6H9N3OS.ClH/c1-2-7-3-5(1)10-6-4-8-11-9-6;/h4-5,7H,1-3H2;1H. The van der Waals surface area contributed by atoms with E-state index in [-0.39, 0.29) is 12.4 Å². The minimum Gasteiger partial charge on any atom is -0.471 e. The molecule has 1 saturated heterocycles. The molecule has 1 fully saturated rings. The third kappa shape index (κ3) is 2.30. The molecule has 68 valence electrons. The molecule has 12 heavy (non-hydrogen) atoms. The lowest BCUT2D eigenvalue weighted by atomic mass is 10.3. The van der Waals surface area contributed by atoms with Crippen LogP contribution in [-0.4, -0.2) is 27.9 Å². The Labute approximate surface area is 81.1 Å². The number of aromatic nitrogens is 2. The van der Waals surface area contributed by atoms with E-state index < -0.39 is 0 Å². The molecule has 1 unspecified atom stereocenters. The van der Waals surface area contributed by atoms with Gasteiger partial charge < -0.3 is 10.1 Å². The predicted octanol–water partition coefficient (Wildman–Crippen LogP) is 0.701. The monoisotopic (exact) mass is 207 g/mol. The molecule has 1 aromatic heterocycles. The lowest BCUT2D eigenvalue weighted by molar-refractivity contribution is 0.216. The van der Waals surface area contributed by atoms with Gasteiger partial charge in [-0.1, -0.05) is 0 Å². The lowest BCUT2D eigenvalue weighted by Crippen LogP contribution is -2.19. The van der Waals surface area contributed by atoms with Gasteiger partial charge >= 0.3 is 0 Å². The van der Waals surface area contributed by atoms with Gasteiger partial charge in [0.1, 0.15) is 12.3 Å². The van der Waals surface area contributed by atoms with Gasteiger partial charge in [-0.2, -0.15) is 4.37 Å². The summed E-state index contributed by atoms with van der Waals surface area (Å²) in [7, 11) is 0. The Hall–Kier alpha value is -0.390. The quantitative estimate of drug-likeness (QED) is 0.776. The average Bonchev–Trinajstić information content (AvgIpc) is 2.60. The van der Waals surface area contributed by atoms with Crippen LogP contribution in [-0.2, 0) is 0 Å². The molecule has 0 radical (unpaired) electrons. The lowest BCUT2D eigenvalue weighted by Gasteiger charge is -2.07. The van der Waals surface area contributed by atoms with Crippen LogP contribution in [0.4, 0.5) is 0 Å². The first kappa shape index (κ1) is 9.70. The molecule has 0 bridgehead atoms. The average molecular weight is 208 g/mol. The summed E-state index contributed by atoms with van der Waals surface area (Å²) in [6.45, 7) is 1.97. The molecule has 1 atom stereocenters. The minimum absolute atomic E-state index is 0. The van der Waals surface area contributed by atoms with Crippen LogP contribution in [0.5, 0.6) is 5.88 Å². The highest BCUT2D eigenvalue weighted by Gasteiger charge is 2.16. The van der Waals surface area contributed by atoms with Gasteiger partial charge in [0.05, 0.1) is 11.7 Å². The second kappa shape index (κ2) is 4.59. The summed E-state index contributed by atoms with van der Waals surface area (Å²) in [5.74, 6) is 0.656. The number of halogens is 1. The van der Waals surface area contributed by atoms with Crippen LogP contribution in [0.15, 0.2) is 6.20 Å². The Morgan fingerprint density at radius 2 is 2.58 bits per heavy atom. The van der Waals surface area contributed by atoms with Crippen LogP contribution in [0.3, 0.4) is 0 Å². The molecule has 6 heteroatoms. The van der Waals surface area contributed by atoms with Crippen molar-refractivity contribution in [1.29, 1.82) is 0 Å². The zero-order valence-electron chi connectivity index (χ0n) is 6.40. The summed E-state index contributed by atoms with van der Waals surface area (Å²) in [6.07, 6.45) is 3.01. The van der Waals surface area contributed by atoms with E-state index in [1.807, 2.05) is 0 Å². The fraction of sp³-hybridized carbons (Fsp3) is 0.667. The Balaban J connectivity index is 0.000000720. The highest BCUT2D eigenvalue weighted by Crippen LogP contribution is 2.11. The largest absolute Gasteiger partial charge is 0.471 e. The van der Waals surface area contributed by atoms with Crippen molar-refractivity contribution in [2.24, 2.45) is 0 Å². The molecule has 1 aliphatic rings. The second-order valence-corrected chi connectivity index (χ2v) is 3.04. The van der Waals surface area contributed by atoms with Gasteiger partial charge in [-0.25, -0.2) is 0 Å². The maximum atomic E-state index is 5.49. The topological polar surface area (TPSA) is 47.0 Å². The van der Waals surface area contributed by atoms with Gasteiger partial charge in [0.25, 0.3) is 0 Å². The van der Waals surface area contributed by atoms with Crippen LogP contribution < -0.4 is 10.1 Å². The first-order chi connectivity index (χ1) is 5.45. The molecule has 0 saturated carbocycles. The van der Waals surface area contributed by atoms with Gasteiger partial charge in [0.2, 0.25) is 5.88 Å². The molecule has 0 amide bonds. The van der Waals surface area contributed by atoms with E-state index in [0.29, 0.717) is 12.0 Å². The second-order valence-electron chi connectivity index (χ2n) is 2.48. The summed E-state index contributed by atoms with van der Waals surface area (Å²) in [5.41, 5.74) is 0. The Morgan fingerprint density at radius 3 is 3.17 bits per heavy atom. The maximum absolute atomic E-state index is 5.49. The first-order valence-electron chi connectivity index (χ1n) is 3.60. The third-order valence-electron chi connectivity index (χ3n) is 1.64. The van der Waals surface area contributed by atoms with Crippen molar-refractivity contribution in [3.63, 3.8) is 0 Å². The highest BCUT2D eigenvalue weighted by molar-refractivity contribution is 6.99. The van der Waals surface area contributed by atoms with E-state index in [4.69, 9.17) is 4.74 Å². The van der Waals surface area contributed by atoms with Crippen LogP contribution in [0.25, 0.3) is 0 Å². The summed E-state index contributed by atoms with van der Waals surface area (Å²) < 4.78 is 13.3. The Morgan fingerprint density at radius 1 is 1.67 bits per heavy atom. The van der Waals surface area contributed by atoms with Crippen molar-refractivity contribution in [3.8, 4) is 5.88 Å². The molecule has 0 spiro atoms. The number of nitrogens with one attached hydrogen (secondary N) is 1. The molecule has 1 aromatic rings. The third-order valence-corrected chi connectivity index (χ3v) is 2.10. The van der Waals surface area contributed by atoms with Crippen molar-refractivity contribution < 1.29 is 4.74 Å². The predicted molar refractivity (Wildman–Crippen MR) is 49.1 cm³/mol. The number of ether oxygens (including phenoxy) is 1. The summed E-state index contributed by atoms with van der Waals surface area (Å²) >= 11 is 1.18. The fourth-order valence-electron chi connectivity index (χ4n) is 1.11. The minimum atomic E-state index is 0. The van der Waals surface area contributed by atoms with Crippen molar-refractivity contribution in [3.05, 3.63) is 6.20 Å². The molecule has 2 rings (SSSR count). The smallest absolute Gasteiger partial charge is 0.246 e. The molecular formula is C6H10ClN3OS. The van der Waals surface area contributed by atoms with E-state index >= 15 is 0 Å². The fourth-order valence-corrected chi connectivity index (χ4v) is 1.46.